The van der Waals surface area contributed by atoms with Crippen molar-refractivity contribution >= 4 is 56.9 Å². The number of aromatic nitrogens is 8. The van der Waals surface area contributed by atoms with Gasteiger partial charge in [-0.15, -0.1) is 11.9 Å². The van der Waals surface area contributed by atoms with Crippen molar-refractivity contribution in [3.8, 4) is 11.9 Å². The molecular formula is C22H32B2N13O10P. The Bertz CT molecular complexity index is 2110. The number of hydrogen-bond donors (Lipinski definition) is 8. The maximum absolute atomic E-state index is 13.0. The fourth-order valence-corrected chi connectivity index (χ4v) is 7.03. The topological polar surface area (TPSA) is 358 Å². The summed E-state index contributed by atoms with van der Waals surface area (Å²) in [6, 6.07) is 0. The lowest BCUT2D eigenvalue weighted by Crippen LogP contribution is -2.41. The van der Waals surface area contributed by atoms with Crippen molar-refractivity contribution in [1.29, 1.82) is 10.5 Å². The molecule has 7 atom stereocenters. The van der Waals surface area contributed by atoms with E-state index in [2.05, 4.69) is 31.9 Å². The molecule has 0 bridgehead atoms. The lowest BCUT2D eigenvalue weighted by atomic mass is 9.98. The average Bonchev–Trinajstić information content (AvgIpc) is 3.75. The Morgan fingerprint density at radius 2 is 1.50 bits per heavy atom. The summed E-state index contributed by atoms with van der Waals surface area (Å²) >= 11 is 0. The highest BCUT2D eigenvalue weighted by Gasteiger charge is 2.46. The monoisotopic (exact) mass is 691 g/mol. The van der Waals surface area contributed by atoms with E-state index in [9.17, 15) is 39.8 Å². The van der Waals surface area contributed by atoms with Gasteiger partial charge in [0, 0.05) is 12.8 Å². The van der Waals surface area contributed by atoms with E-state index in [0.717, 1.165) is 0 Å². The number of nitriles is 2. The van der Waals surface area contributed by atoms with Crippen LogP contribution in [0, 0.1) is 22.5 Å². The second-order valence-corrected chi connectivity index (χ2v) is 12.7. The van der Waals surface area contributed by atoms with E-state index in [4.69, 9.17) is 30.0 Å². The van der Waals surface area contributed by atoms with Gasteiger partial charge in [-0.1, -0.05) is 0 Å². The van der Waals surface area contributed by atoms with Crippen LogP contribution in [0.1, 0.15) is 25.3 Å². The maximum atomic E-state index is 13.0. The van der Waals surface area contributed by atoms with Crippen LogP contribution in [0.4, 0.5) is 11.9 Å². The van der Waals surface area contributed by atoms with Crippen LogP contribution >= 0.6 is 7.82 Å². The Morgan fingerprint density at radius 1 is 1.00 bits per heavy atom. The SMILES string of the molecule is N.N#C[BH2-][n+]1cn(C2CC(O)C(COP(=O)(O)OC3CC(n4c[n+]([BH2-]C#N)c5c(=O)[nH]c(N)nc54)OC3CO)O2)c2nc(N)[nH]c(=O)c21. The van der Waals surface area contributed by atoms with Crippen molar-refractivity contribution in [2.75, 3.05) is 24.7 Å². The van der Waals surface area contributed by atoms with Gasteiger partial charge in [0.2, 0.25) is 48.0 Å². The number of aliphatic hydroxyl groups excluding tert-OH is 2. The zero-order valence-corrected chi connectivity index (χ0v) is 26.4. The van der Waals surface area contributed by atoms with E-state index >= 15 is 0 Å². The van der Waals surface area contributed by atoms with Gasteiger partial charge in [-0.05, 0) is 0 Å². The number of H-pyrrole nitrogens is 2. The van der Waals surface area contributed by atoms with Gasteiger partial charge in [-0.25, -0.2) is 15.1 Å². The predicted molar refractivity (Wildman–Crippen MR) is 165 cm³/mol. The smallest absolute Gasteiger partial charge is 0.414 e. The number of rotatable bonds is 10. The number of aliphatic hydroxyl groups is 2. The Balaban J connectivity index is 0.00000451. The second kappa shape index (κ2) is 13.4. The minimum absolute atomic E-state index is 0. The summed E-state index contributed by atoms with van der Waals surface area (Å²) in [6.07, 6.45) is -3.53. The van der Waals surface area contributed by atoms with Crippen LogP contribution in [0.5, 0.6) is 0 Å². The number of ether oxygens (including phenoxy) is 2. The third kappa shape index (κ3) is 6.42. The molecule has 0 aromatic carbocycles. The number of phosphoric ester groups is 1. The molecule has 2 aliphatic rings. The Morgan fingerprint density at radius 3 is 2.00 bits per heavy atom. The molecule has 48 heavy (non-hydrogen) atoms. The van der Waals surface area contributed by atoms with Crippen molar-refractivity contribution in [2.24, 2.45) is 0 Å². The van der Waals surface area contributed by atoms with Crippen LogP contribution in [0.15, 0.2) is 22.2 Å². The minimum Gasteiger partial charge on any atom is -0.414 e. The zero-order valence-electron chi connectivity index (χ0n) is 25.5. The van der Waals surface area contributed by atoms with Crippen LogP contribution in [0.2, 0.25) is 0 Å². The van der Waals surface area contributed by atoms with Gasteiger partial charge in [-0.3, -0.25) is 28.6 Å². The molecule has 6 rings (SSSR count). The summed E-state index contributed by atoms with van der Waals surface area (Å²) in [5.41, 5.74) is 10.8. The predicted octanol–water partition coefficient (Wildman–Crippen LogP) is -5.38. The molecule has 6 heterocycles. The lowest BCUT2D eigenvalue weighted by Gasteiger charge is -2.21. The average molecular weight is 691 g/mol. The number of fused-ring (bicyclic) bond motifs is 2. The van der Waals surface area contributed by atoms with Gasteiger partial charge in [0.1, 0.15) is 18.3 Å². The highest BCUT2D eigenvalue weighted by atomic mass is 31.2. The normalized spacial score (nSPS) is 25.1. The number of nitrogen functional groups attached to an aromatic ring is 2. The van der Waals surface area contributed by atoms with E-state index in [1.54, 1.807) is 0 Å². The molecule has 0 amide bonds. The first-order chi connectivity index (χ1) is 22.4. The molecule has 26 heteroatoms. The standard InChI is InChI=1S/C22H29B2N12O10P.H3N/c25-5-23-35-7-33(17-15(35)19(39)31-21(27)29-17)13-1-9(38)12(45-13)4-43-47(41,42)46-10-2-14(44-11(10)3-37)34-8-36(24-6-26)16-18(34)30-22(28)32-20(16)40;/h7-14,37-38H,1-4,23-24H2,(H,41,42)(H3,27,29,31,39)(H3,28,30,32,40);1H3. The summed E-state index contributed by atoms with van der Waals surface area (Å²) in [6.45, 7) is -1.19. The minimum atomic E-state index is -4.85. The van der Waals surface area contributed by atoms with Crippen LogP contribution < -0.4 is 37.7 Å². The Kier molecular flexibility index (Phi) is 9.70. The number of anilines is 2. The fourth-order valence-electron chi connectivity index (χ4n) is 6.07. The number of aromatic amines is 2. The molecule has 0 radical (unpaired) electrons. The van der Waals surface area contributed by atoms with E-state index in [1.807, 2.05) is 0 Å². The number of phosphoric acid groups is 1. The highest BCUT2D eigenvalue weighted by Crippen LogP contribution is 2.49. The van der Waals surface area contributed by atoms with E-state index < -0.39 is 83.9 Å². The molecule has 4 aromatic heterocycles. The Hall–Kier alpha value is -4.68. The van der Waals surface area contributed by atoms with Crippen molar-refractivity contribution < 1.29 is 47.1 Å². The molecule has 0 spiro atoms. The fraction of sp³-hybridized carbons (Fsp3) is 0.455. The van der Waals surface area contributed by atoms with Crippen molar-refractivity contribution in [3.63, 3.8) is 0 Å². The van der Waals surface area contributed by atoms with Gasteiger partial charge >= 0.3 is 7.82 Å². The van der Waals surface area contributed by atoms with Gasteiger partial charge in [-0.2, -0.15) is 19.1 Å². The molecular weight excluding hydrogens is 659 g/mol. The maximum Gasteiger partial charge on any atom is 0.472 e. The molecule has 0 saturated carbocycles. The largest absolute Gasteiger partial charge is 0.472 e. The van der Waals surface area contributed by atoms with Gasteiger partial charge in [0.05, 0.1) is 19.3 Å². The van der Waals surface area contributed by atoms with Gasteiger partial charge in [0.15, 0.2) is 0 Å². The van der Waals surface area contributed by atoms with Crippen LogP contribution in [0.3, 0.4) is 0 Å². The first-order valence-electron chi connectivity index (χ1n) is 14.6. The summed E-state index contributed by atoms with van der Waals surface area (Å²) in [7, 11) is -7.73. The van der Waals surface area contributed by atoms with Gasteiger partial charge in [0.25, 0.3) is 37.2 Å². The molecule has 7 unspecified atom stereocenters. The van der Waals surface area contributed by atoms with E-state index in [1.165, 1.54) is 30.7 Å². The lowest BCUT2D eigenvalue weighted by molar-refractivity contribution is -0.499. The summed E-state index contributed by atoms with van der Waals surface area (Å²) in [5.74, 6) is 3.79. The van der Waals surface area contributed by atoms with Crippen LogP contribution in [-0.4, -0.2) is 96.6 Å². The Labute approximate surface area is 269 Å². The quantitative estimate of drug-likeness (QED) is 0.0568. The highest BCUT2D eigenvalue weighted by molar-refractivity contribution is 7.47. The van der Waals surface area contributed by atoms with Gasteiger partial charge < -0.3 is 51.2 Å². The first-order valence-corrected chi connectivity index (χ1v) is 16.1. The summed E-state index contributed by atoms with van der Waals surface area (Å²) in [4.78, 5) is 48.7. The number of imidazole rings is 2. The molecule has 0 aliphatic carbocycles. The van der Waals surface area contributed by atoms with E-state index in [-0.39, 0.29) is 53.2 Å². The van der Waals surface area contributed by atoms with E-state index in [0.29, 0.717) is 0 Å². The second-order valence-electron chi connectivity index (χ2n) is 11.3. The molecule has 12 N–H and O–H groups in total. The first kappa shape index (κ1) is 34.6. The van der Waals surface area contributed by atoms with Crippen LogP contribution in [-0.2, 0) is 23.1 Å². The molecule has 2 fully saturated rings. The van der Waals surface area contributed by atoms with Crippen molar-refractivity contribution in [3.05, 3.63) is 33.4 Å². The number of nitrogens with one attached hydrogen (secondary N) is 2. The number of nitrogens with two attached hydrogens (primary N) is 2. The molecule has 2 saturated heterocycles. The summed E-state index contributed by atoms with van der Waals surface area (Å²) < 4.78 is 41.2. The third-order valence-electron chi connectivity index (χ3n) is 8.12. The summed E-state index contributed by atoms with van der Waals surface area (Å²) in [5, 5.41) is 39.1. The third-order valence-corrected chi connectivity index (χ3v) is 9.13. The zero-order chi connectivity index (χ0) is 33.6. The molecule has 256 valence electrons. The molecule has 4 aromatic rings. The molecule has 23 nitrogen and oxygen atoms in total. The van der Waals surface area contributed by atoms with Crippen LogP contribution in [0.25, 0.3) is 22.3 Å². The number of hydrogen-bond acceptors (Lipinski definition) is 16. The number of nitrogens with zero attached hydrogens (tertiary/aromatic N) is 8. The van der Waals surface area contributed by atoms with Crippen molar-refractivity contribution in [2.45, 2.75) is 49.7 Å². The molecule has 2 aliphatic heterocycles. The van der Waals surface area contributed by atoms with Crippen molar-refractivity contribution in [1.82, 2.24) is 35.2 Å².